The van der Waals surface area contributed by atoms with Gasteiger partial charge in [-0.3, -0.25) is 0 Å². The number of sulfone groups is 1. The largest absolute Gasteiger partial charge is 0.319 e. The van der Waals surface area contributed by atoms with Crippen molar-refractivity contribution in [2.45, 2.75) is 18.2 Å². The molecule has 0 aromatic heterocycles. The molecule has 0 atom stereocenters. The molecule has 4 heteroatoms. The van der Waals surface area contributed by atoms with Crippen LogP contribution in [0, 0.1) is 0 Å². The normalized spacial score (nSPS) is 17.0. The number of fused-ring (bicyclic) bond motifs is 1. The van der Waals surface area contributed by atoms with Gasteiger partial charge in [-0.2, -0.15) is 0 Å². The Hall–Kier alpha value is -1.13. The van der Waals surface area contributed by atoms with Crippen molar-refractivity contribution in [3.63, 3.8) is 0 Å². The summed E-state index contributed by atoms with van der Waals surface area (Å²) in [5.41, 5.74) is 2.85. The quantitative estimate of drug-likeness (QED) is 0.868. The fourth-order valence-corrected chi connectivity index (χ4v) is 3.64. The SMILES string of the molecule is CNCCc1cccc2c1C(C)=CS2(=O)=O. The average Bonchev–Trinajstić information content (AvgIpc) is 2.47. The molecule has 0 radical (unpaired) electrons. The molecule has 1 N–H and O–H groups in total. The summed E-state index contributed by atoms with van der Waals surface area (Å²) in [7, 11) is -1.29. The van der Waals surface area contributed by atoms with Gasteiger partial charge in [-0.1, -0.05) is 12.1 Å². The summed E-state index contributed by atoms with van der Waals surface area (Å²) in [6.45, 7) is 2.70. The first-order valence-electron chi connectivity index (χ1n) is 5.26. The van der Waals surface area contributed by atoms with E-state index < -0.39 is 9.84 Å². The lowest BCUT2D eigenvalue weighted by atomic mass is 10.00. The minimum Gasteiger partial charge on any atom is -0.319 e. The van der Waals surface area contributed by atoms with Crippen molar-refractivity contribution in [1.29, 1.82) is 0 Å². The molecule has 0 aliphatic carbocycles. The smallest absolute Gasteiger partial charge is 0.200 e. The molecule has 3 nitrogen and oxygen atoms in total. The second-order valence-corrected chi connectivity index (χ2v) is 5.76. The Bertz CT molecular complexity index is 544. The summed E-state index contributed by atoms with van der Waals surface area (Å²) in [6.07, 6.45) is 0.848. The molecule has 0 fully saturated rings. The van der Waals surface area contributed by atoms with Crippen molar-refractivity contribution in [3.8, 4) is 0 Å². The number of allylic oxidation sites excluding steroid dienone is 1. The minimum absolute atomic E-state index is 0.457. The van der Waals surface area contributed by atoms with Gasteiger partial charge in [0.05, 0.1) is 4.90 Å². The third-order valence-corrected chi connectivity index (χ3v) is 4.41. The van der Waals surface area contributed by atoms with E-state index in [1.807, 2.05) is 26.1 Å². The number of likely N-dealkylation sites (N-methyl/N-ethyl adjacent to an activating group) is 1. The van der Waals surface area contributed by atoms with Gasteiger partial charge in [0.15, 0.2) is 0 Å². The Balaban J connectivity index is 2.54. The molecular weight excluding hydrogens is 222 g/mol. The molecule has 1 aromatic carbocycles. The predicted molar refractivity (Wildman–Crippen MR) is 64.9 cm³/mol. The molecule has 0 unspecified atom stereocenters. The lowest BCUT2D eigenvalue weighted by molar-refractivity contribution is 0.605. The molecule has 0 spiro atoms. The van der Waals surface area contributed by atoms with Crippen molar-refractivity contribution < 1.29 is 8.42 Å². The third kappa shape index (κ3) is 1.79. The molecule has 1 aliphatic rings. The fourth-order valence-electron chi connectivity index (χ4n) is 2.08. The van der Waals surface area contributed by atoms with E-state index in [1.54, 1.807) is 6.07 Å². The highest BCUT2D eigenvalue weighted by Gasteiger charge is 2.26. The zero-order valence-electron chi connectivity index (χ0n) is 9.45. The van der Waals surface area contributed by atoms with Crippen molar-refractivity contribution in [3.05, 3.63) is 34.7 Å². The maximum absolute atomic E-state index is 11.8. The Labute approximate surface area is 96.1 Å². The first-order valence-corrected chi connectivity index (χ1v) is 6.81. The molecule has 0 amide bonds. The second kappa shape index (κ2) is 4.03. The van der Waals surface area contributed by atoms with Gasteiger partial charge in [0.1, 0.15) is 0 Å². The van der Waals surface area contributed by atoms with E-state index in [9.17, 15) is 8.42 Å². The summed E-state index contributed by atoms with van der Waals surface area (Å²) in [4.78, 5) is 0.457. The van der Waals surface area contributed by atoms with Gasteiger partial charge in [-0.15, -0.1) is 0 Å². The van der Waals surface area contributed by atoms with Gasteiger partial charge in [-0.25, -0.2) is 8.42 Å². The van der Waals surface area contributed by atoms with Crippen LogP contribution >= 0.6 is 0 Å². The van der Waals surface area contributed by atoms with Crippen LogP contribution in [-0.4, -0.2) is 22.0 Å². The first kappa shape index (κ1) is 11.4. The van der Waals surface area contributed by atoms with E-state index >= 15 is 0 Å². The fraction of sp³-hybridized carbons (Fsp3) is 0.333. The highest BCUT2D eigenvalue weighted by atomic mass is 32.2. The number of hydrogen-bond donors (Lipinski definition) is 1. The van der Waals surface area contributed by atoms with Crippen LogP contribution in [0.5, 0.6) is 0 Å². The Kier molecular flexibility index (Phi) is 2.86. The summed E-state index contributed by atoms with van der Waals surface area (Å²) in [5.74, 6) is 0. The van der Waals surface area contributed by atoms with Crippen LogP contribution in [0.2, 0.25) is 0 Å². The van der Waals surface area contributed by atoms with Gasteiger partial charge in [-0.05, 0) is 44.1 Å². The summed E-state index contributed by atoms with van der Waals surface area (Å²) in [5, 5.41) is 4.44. The molecule has 0 saturated heterocycles. The van der Waals surface area contributed by atoms with Crippen molar-refractivity contribution in [2.24, 2.45) is 0 Å². The second-order valence-electron chi connectivity index (χ2n) is 3.99. The molecule has 86 valence electrons. The maximum Gasteiger partial charge on any atom is 0.200 e. The van der Waals surface area contributed by atoms with Crippen LogP contribution < -0.4 is 5.32 Å². The van der Waals surface area contributed by atoms with Crippen molar-refractivity contribution in [2.75, 3.05) is 13.6 Å². The topological polar surface area (TPSA) is 46.2 Å². The predicted octanol–water partition coefficient (Wildman–Crippen LogP) is 1.60. The van der Waals surface area contributed by atoms with Crippen LogP contribution in [0.25, 0.3) is 5.57 Å². The molecule has 16 heavy (non-hydrogen) atoms. The van der Waals surface area contributed by atoms with Gasteiger partial charge in [0.2, 0.25) is 9.84 Å². The number of rotatable bonds is 3. The van der Waals surface area contributed by atoms with Gasteiger partial charge in [0, 0.05) is 11.0 Å². The Morgan fingerprint density at radius 3 is 2.75 bits per heavy atom. The molecule has 0 saturated carbocycles. The van der Waals surface area contributed by atoms with Crippen molar-refractivity contribution >= 4 is 15.4 Å². The van der Waals surface area contributed by atoms with Gasteiger partial charge >= 0.3 is 0 Å². The number of nitrogens with one attached hydrogen (secondary N) is 1. The minimum atomic E-state index is -3.18. The molecule has 0 bridgehead atoms. The van der Waals surface area contributed by atoms with E-state index in [0.717, 1.165) is 29.7 Å². The average molecular weight is 237 g/mol. The van der Waals surface area contributed by atoms with E-state index in [-0.39, 0.29) is 0 Å². The zero-order valence-corrected chi connectivity index (χ0v) is 10.3. The van der Waals surface area contributed by atoms with Crippen LogP contribution in [0.3, 0.4) is 0 Å². The molecule has 1 aromatic rings. The zero-order chi connectivity index (χ0) is 11.8. The van der Waals surface area contributed by atoms with E-state index in [2.05, 4.69) is 5.32 Å². The highest BCUT2D eigenvalue weighted by Crippen LogP contribution is 2.35. The monoisotopic (exact) mass is 237 g/mol. The third-order valence-electron chi connectivity index (χ3n) is 2.79. The molecule has 1 heterocycles. The molecule has 2 rings (SSSR count). The standard InChI is InChI=1S/C12H15NO2S/c1-9-8-16(14,15)11-5-3-4-10(12(9)11)6-7-13-2/h3-5,8,13H,6-7H2,1-2H3. The van der Waals surface area contributed by atoms with E-state index in [0.29, 0.717) is 4.90 Å². The Morgan fingerprint density at radius 1 is 1.31 bits per heavy atom. The lowest BCUT2D eigenvalue weighted by Gasteiger charge is -2.08. The highest BCUT2D eigenvalue weighted by molar-refractivity contribution is 7.95. The van der Waals surface area contributed by atoms with Gasteiger partial charge in [0.25, 0.3) is 0 Å². The Morgan fingerprint density at radius 2 is 2.06 bits per heavy atom. The van der Waals surface area contributed by atoms with Crippen LogP contribution in [0.15, 0.2) is 28.5 Å². The summed E-state index contributed by atoms with van der Waals surface area (Å²) >= 11 is 0. The molecule has 1 aliphatic heterocycles. The van der Waals surface area contributed by atoms with E-state index in [1.165, 1.54) is 5.41 Å². The number of benzene rings is 1. The summed E-state index contributed by atoms with van der Waals surface area (Å²) in [6, 6.07) is 5.49. The maximum atomic E-state index is 11.8. The lowest BCUT2D eigenvalue weighted by Crippen LogP contribution is -2.11. The first-order chi connectivity index (χ1) is 7.56. The summed E-state index contributed by atoms with van der Waals surface area (Å²) < 4.78 is 23.6. The van der Waals surface area contributed by atoms with Gasteiger partial charge < -0.3 is 5.32 Å². The van der Waals surface area contributed by atoms with E-state index in [4.69, 9.17) is 0 Å². The number of hydrogen-bond acceptors (Lipinski definition) is 3. The van der Waals surface area contributed by atoms with Crippen molar-refractivity contribution in [1.82, 2.24) is 5.32 Å². The van der Waals surface area contributed by atoms with Crippen LogP contribution in [-0.2, 0) is 16.3 Å². The van der Waals surface area contributed by atoms with Crippen LogP contribution in [0.1, 0.15) is 18.1 Å². The molecular formula is C12H15NO2S. The van der Waals surface area contributed by atoms with Crippen LogP contribution in [0.4, 0.5) is 0 Å².